The number of hydrazone groups is 1. The maximum Gasteiger partial charge on any atom is 0.186 e. The Morgan fingerprint density at radius 2 is 2.08 bits per heavy atom. The highest BCUT2D eigenvalue weighted by atomic mass is 32.1. The summed E-state index contributed by atoms with van der Waals surface area (Å²) in [5.41, 5.74) is 3.72. The van der Waals surface area contributed by atoms with E-state index in [1.165, 1.54) is 6.42 Å². The first-order chi connectivity index (χ1) is 5.66. The van der Waals surface area contributed by atoms with E-state index in [4.69, 9.17) is 12.2 Å². The molecule has 0 saturated heterocycles. The second-order valence-corrected chi connectivity index (χ2v) is 3.19. The van der Waals surface area contributed by atoms with Crippen LogP contribution in [0.25, 0.3) is 0 Å². The molecular weight excluding hydrogens is 170 g/mol. The lowest BCUT2D eigenvalue weighted by Gasteiger charge is -2.05. The first-order valence-corrected chi connectivity index (χ1v) is 4.62. The molecule has 0 unspecified atom stereocenters. The molecule has 0 spiro atoms. The van der Waals surface area contributed by atoms with Crippen molar-refractivity contribution in [1.82, 2.24) is 10.7 Å². The predicted octanol–water partition coefficient (Wildman–Crippen LogP) is 1.65. The van der Waals surface area contributed by atoms with E-state index >= 15 is 0 Å². The third-order valence-electron chi connectivity index (χ3n) is 1.20. The molecule has 0 rings (SSSR count). The molecule has 12 heavy (non-hydrogen) atoms. The zero-order chi connectivity index (χ0) is 9.40. The summed E-state index contributed by atoms with van der Waals surface area (Å²) in [6.07, 6.45) is 2.31. The summed E-state index contributed by atoms with van der Waals surface area (Å²) in [7, 11) is 0. The summed E-state index contributed by atoms with van der Waals surface area (Å²) in [6, 6.07) is 0. The van der Waals surface area contributed by atoms with Gasteiger partial charge in [-0.25, -0.2) is 0 Å². The smallest absolute Gasteiger partial charge is 0.186 e. The Bertz CT molecular complexity index is 162. The van der Waals surface area contributed by atoms with E-state index in [1.807, 2.05) is 13.8 Å². The van der Waals surface area contributed by atoms with Crippen molar-refractivity contribution < 1.29 is 0 Å². The summed E-state index contributed by atoms with van der Waals surface area (Å²) in [5.74, 6) is 0. The molecule has 0 aliphatic heterocycles. The lowest BCUT2D eigenvalue weighted by molar-refractivity contribution is 0.744. The molecule has 0 aromatic heterocycles. The molecule has 0 aromatic rings. The fourth-order valence-corrected chi connectivity index (χ4v) is 0.729. The fraction of sp³-hybridized carbons (Fsp3) is 0.750. The summed E-state index contributed by atoms with van der Waals surface area (Å²) in [5, 5.41) is 7.62. The van der Waals surface area contributed by atoms with Gasteiger partial charge >= 0.3 is 0 Å². The molecule has 4 heteroatoms. The third-order valence-corrected chi connectivity index (χ3v) is 1.43. The van der Waals surface area contributed by atoms with Crippen LogP contribution in [0.4, 0.5) is 0 Å². The van der Waals surface area contributed by atoms with Gasteiger partial charge in [-0.05, 0) is 32.5 Å². The van der Waals surface area contributed by atoms with Gasteiger partial charge in [0.2, 0.25) is 0 Å². The number of unbranched alkanes of at least 4 members (excludes halogenated alkanes) is 1. The van der Waals surface area contributed by atoms with Crippen LogP contribution in [0.5, 0.6) is 0 Å². The normalized spacial score (nSPS) is 8.92. The van der Waals surface area contributed by atoms with Gasteiger partial charge in [0.1, 0.15) is 0 Å². The summed E-state index contributed by atoms with van der Waals surface area (Å²) in [6.45, 7) is 6.90. The van der Waals surface area contributed by atoms with Crippen LogP contribution in [0.1, 0.15) is 33.6 Å². The Morgan fingerprint density at radius 1 is 1.42 bits per heavy atom. The number of thiocarbonyl (C=S) groups is 1. The Hall–Kier alpha value is -0.640. The highest BCUT2D eigenvalue weighted by molar-refractivity contribution is 7.80. The molecule has 0 bridgehead atoms. The molecule has 0 amide bonds. The Labute approximate surface area is 79.6 Å². The van der Waals surface area contributed by atoms with Crippen molar-refractivity contribution >= 4 is 23.0 Å². The lowest BCUT2D eigenvalue weighted by Crippen LogP contribution is -2.32. The molecule has 3 nitrogen and oxygen atoms in total. The quantitative estimate of drug-likeness (QED) is 0.304. The van der Waals surface area contributed by atoms with E-state index in [2.05, 4.69) is 22.8 Å². The topological polar surface area (TPSA) is 36.4 Å². The van der Waals surface area contributed by atoms with Crippen molar-refractivity contribution in [3.8, 4) is 0 Å². The minimum absolute atomic E-state index is 0.602. The maximum atomic E-state index is 4.96. The van der Waals surface area contributed by atoms with Gasteiger partial charge in [0, 0.05) is 12.3 Å². The number of hydrogen-bond donors (Lipinski definition) is 2. The van der Waals surface area contributed by atoms with Crippen molar-refractivity contribution in [2.24, 2.45) is 5.10 Å². The zero-order valence-corrected chi connectivity index (χ0v) is 8.79. The van der Waals surface area contributed by atoms with E-state index in [0.29, 0.717) is 5.11 Å². The molecule has 0 saturated carbocycles. The van der Waals surface area contributed by atoms with Crippen molar-refractivity contribution in [2.75, 3.05) is 6.54 Å². The summed E-state index contributed by atoms with van der Waals surface area (Å²) >= 11 is 4.96. The summed E-state index contributed by atoms with van der Waals surface area (Å²) < 4.78 is 0. The van der Waals surface area contributed by atoms with Crippen LogP contribution < -0.4 is 10.7 Å². The van der Waals surface area contributed by atoms with Gasteiger partial charge in [-0.2, -0.15) is 5.10 Å². The Kier molecular flexibility index (Phi) is 6.66. The van der Waals surface area contributed by atoms with Crippen LogP contribution in [-0.2, 0) is 0 Å². The molecule has 2 N–H and O–H groups in total. The van der Waals surface area contributed by atoms with E-state index in [1.54, 1.807) is 0 Å². The van der Waals surface area contributed by atoms with E-state index in [9.17, 15) is 0 Å². The fourth-order valence-electron chi connectivity index (χ4n) is 0.581. The van der Waals surface area contributed by atoms with Crippen LogP contribution in [0.3, 0.4) is 0 Å². The first-order valence-electron chi connectivity index (χ1n) is 4.21. The van der Waals surface area contributed by atoms with Crippen LogP contribution in [-0.4, -0.2) is 17.4 Å². The monoisotopic (exact) mass is 187 g/mol. The van der Waals surface area contributed by atoms with Gasteiger partial charge in [0.05, 0.1) is 0 Å². The van der Waals surface area contributed by atoms with Gasteiger partial charge in [-0.3, -0.25) is 5.43 Å². The minimum atomic E-state index is 0.602. The molecule has 0 atom stereocenters. The molecule has 0 aliphatic carbocycles. The number of nitrogens with one attached hydrogen (secondary N) is 2. The van der Waals surface area contributed by atoms with Crippen molar-refractivity contribution in [2.45, 2.75) is 33.6 Å². The molecule has 0 aromatic carbocycles. The largest absolute Gasteiger partial charge is 0.361 e. The average molecular weight is 187 g/mol. The van der Waals surface area contributed by atoms with Gasteiger partial charge in [-0.15, -0.1) is 0 Å². The predicted molar refractivity (Wildman–Crippen MR) is 57.4 cm³/mol. The van der Waals surface area contributed by atoms with Gasteiger partial charge in [0.15, 0.2) is 5.11 Å². The highest BCUT2D eigenvalue weighted by Crippen LogP contribution is 1.82. The molecular formula is C8H17N3S. The molecule has 0 fully saturated rings. The first kappa shape index (κ1) is 11.4. The highest BCUT2D eigenvalue weighted by Gasteiger charge is 1.90. The van der Waals surface area contributed by atoms with Crippen LogP contribution >= 0.6 is 12.2 Å². The maximum absolute atomic E-state index is 4.96. The number of hydrogen-bond acceptors (Lipinski definition) is 2. The van der Waals surface area contributed by atoms with E-state index in [0.717, 1.165) is 18.7 Å². The van der Waals surface area contributed by atoms with Gasteiger partial charge in [0.25, 0.3) is 0 Å². The van der Waals surface area contributed by atoms with Crippen LogP contribution in [0.15, 0.2) is 5.10 Å². The van der Waals surface area contributed by atoms with Crippen LogP contribution in [0.2, 0.25) is 0 Å². The third kappa shape index (κ3) is 7.47. The molecule has 0 radical (unpaired) electrons. The number of rotatable bonds is 4. The van der Waals surface area contributed by atoms with Crippen molar-refractivity contribution in [3.05, 3.63) is 0 Å². The van der Waals surface area contributed by atoms with Crippen LogP contribution in [0, 0.1) is 0 Å². The zero-order valence-electron chi connectivity index (χ0n) is 7.98. The minimum Gasteiger partial charge on any atom is -0.361 e. The van der Waals surface area contributed by atoms with Gasteiger partial charge in [-0.1, -0.05) is 13.3 Å². The lowest BCUT2D eigenvalue weighted by atomic mass is 10.3. The Morgan fingerprint density at radius 3 is 2.58 bits per heavy atom. The SMILES string of the molecule is CCCCNC(=S)NN=C(C)C. The standard InChI is InChI=1S/C8H17N3S/c1-4-5-6-9-8(12)11-10-7(2)3/h4-6H2,1-3H3,(H2,9,11,12). The van der Waals surface area contributed by atoms with Crippen molar-refractivity contribution in [3.63, 3.8) is 0 Å². The van der Waals surface area contributed by atoms with Crippen molar-refractivity contribution in [1.29, 1.82) is 0 Å². The molecule has 0 aliphatic rings. The number of nitrogens with zero attached hydrogens (tertiary/aromatic N) is 1. The molecule has 70 valence electrons. The van der Waals surface area contributed by atoms with E-state index in [-0.39, 0.29) is 0 Å². The average Bonchev–Trinajstić information content (AvgIpc) is 2.01. The Balaban J connectivity index is 3.41. The van der Waals surface area contributed by atoms with E-state index < -0.39 is 0 Å². The molecule has 0 heterocycles. The second kappa shape index (κ2) is 7.03. The second-order valence-electron chi connectivity index (χ2n) is 2.78. The van der Waals surface area contributed by atoms with Gasteiger partial charge < -0.3 is 5.32 Å². The summed E-state index contributed by atoms with van der Waals surface area (Å²) in [4.78, 5) is 0.